The Morgan fingerprint density at radius 2 is 2.17 bits per heavy atom. The third-order valence-corrected chi connectivity index (χ3v) is 3.13. The predicted molar refractivity (Wildman–Crippen MR) is 67.7 cm³/mol. The topological polar surface area (TPSA) is 70.4 Å². The molecule has 2 N–H and O–H groups in total. The molecule has 1 aromatic heterocycles. The minimum absolute atomic E-state index is 0.111. The van der Waals surface area contributed by atoms with Gasteiger partial charge in [0.1, 0.15) is 0 Å². The Hall–Kier alpha value is -1.40. The van der Waals surface area contributed by atoms with Crippen molar-refractivity contribution in [3.63, 3.8) is 0 Å². The van der Waals surface area contributed by atoms with Crippen LogP contribution in [-0.4, -0.2) is 51.7 Å². The lowest BCUT2D eigenvalue weighted by Crippen LogP contribution is -2.42. The van der Waals surface area contributed by atoms with Crippen LogP contribution in [0.3, 0.4) is 0 Å². The van der Waals surface area contributed by atoms with Gasteiger partial charge in [0.05, 0.1) is 5.69 Å². The van der Waals surface area contributed by atoms with Gasteiger partial charge in [0.25, 0.3) is 0 Å². The number of hydrogen-bond donors (Lipinski definition) is 2. The maximum absolute atomic E-state index is 11.1. The third-order valence-electron chi connectivity index (χ3n) is 3.13. The lowest BCUT2D eigenvalue weighted by Gasteiger charge is -2.26. The molecule has 0 amide bonds. The molecule has 1 aliphatic rings. The van der Waals surface area contributed by atoms with Crippen LogP contribution in [0.1, 0.15) is 36.2 Å². The minimum Gasteiger partial charge on any atom is -0.475 e. The van der Waals surface area contributed by atoms with Gasteiger partial charge in [0.15, 0.2) is 0 Å². The zero-order chi connectivity index (χ0) is 13.1. The summed E-state index contributed by atoms with van der Waals surface area (Å²) in [6.07, 6.45) is 1.86. The smallest absolute Gasteiger partial charge is 0.372 e. The number of carbonyl (C=O) groups is 1. The Labute approximate surface area is 107 Å². The van der Waals surface area contributed by atoms with E-state index in [-0.39, 0.29) is 11.9 Å². The zero-order valence-electron chi connectivity index (χ0n) is 10.9. The molecule has 0 aromatic carbocycles. The summed E-state index contributed by atoms with van der Waals surface area (Å²) in [5, 5.41) is 12.4. The third kappa shape index (κ3) is 2.88. The number of aromatic nitrogens is 2. The molecule has 6 nitrogen and oxygen atoms in total. The van der Waals surface area contributed by atoms with Gasteiger partial charge < -0.3 is 15.0 Å². The quantitative estimate of drug-likeness (QED) is 0.819. The second kappa shape index (κ2) is 5.49. The molecule has 0 atom stereocenters. The van der Waals surface area contributed by atoms with E-state index in [2.05, 4.69) is 15.2 Å². The molecule has 1 fully saturated rings. The summed E-state index contributed by atoms with van der Waals surface area (Å²) in [5.41, 5.74) is 0.836. The summed E-state index contributed by atoms with van der Waals surface area (Å²) >= 11 is 0. The number of nitrogens with zero attached hydrogens (tertiary/aromatic N) is 3. The molecule has 18 heavy (non-hydrogen) atoms. The van der Waals surface area contributed by atoms with Crippen LogP contribution in [0.25, 0.3) is 0 Å². The van der Waals surface area contributed by atoms with Gasteiger partial charge in [-0.05, 0) is 13.8 Å². The number of nitrogens with one attached hydrogen (secondary N) is 1. The summed E-state index contributed by atoms with van der Waals surface area (Å²) in [6, 6.07) is 0.111. The largest absolute Gasteiger partial charge is 0.475 e. The van der Waals surface area contributed by atoms with E-state index in [9.17, 15) is 4.79 Å². The van der Waals surface area contributed by atoms with Gasteiger partial charge in [-0.3, -0.25) is 4.90 Å². The van der Waals surface area contributed by atoms with Crippen molar-refractivity contribution in [3.05, 3.63) is 17.7 Å². The molecule has 100 valence electrons. The molecule has 0 radical (unpaired) electrons. The first-order valence-corrected chi connectivity index (χ1v) is 6.32. The van der Waals surface area contributed by atoms with Crippen molar-refractivity contribution in [1.82, 2.24) is 19.8 Å². The maximum Gasteiger partial charge on any atom is 0.372 e. The summed E-state index contributed by atoms with van der Waals surface area (Å²) in [7, 11) is 0. The predicted octanol–water partition coefficient (Wildman–Crippen LogP) is 0.567. The van der Waals surface area contributed by atoms with E-state index < -0.39 is 5.97 Å². The van der Waals surface area contributed by atoms with Gasteiger partial charge in [-0.1, -0.05) is 0 Å². The van der Waals surface area contributed by atoms with Gasteiger partial charge in [-0.25, -0.2) is 9.78 Å². The zero-order valence-corrected chi connectivity index (χ0v) is 10.9. The highest BCUT2D eigenvalue weighted by Crippen LogP contribution is 2.13. The first kappa shape index (κ1) is 13.0. The fraction of sp³-hybridized carbons (Fsp3) is 0.667. The lowest BCUT2D eigenvalue weighted by molar-refractivity contribution is 0.0676. The highest BCUT2D eigenvalue weighted by molar-refractivity contribution is 5.83. The Balaban J connectivity index is 2.13. The lowest BCUT2D eigenvalue weighted by atomic mass is 10.3. The van der Waals surface area contributed by atoms with Gasteiger partial charge in [-0.2, -0.15) is 0 Å². The molecule has 2 rings (SSSR count). The maximum atomic E-state index is 11.1. The second-order valence-electron chi connectivity index (χ2n) is 4.89. The SMILES string of the molecule is CC(C)n1cc(CN2CCNCC2)nc1C(=O)O. The number of hydrogen-bond acceptors (Lipinski definition) is 4. The number of carboxylic acids is 1. The molecule has 6 heteroatoms. The highest BCUT2D eigenvalue weighted by atomic mass is 16.4. The number of aromatic carboxylic acids is 1. The van der Waals surface area contributed by atoms with E-state index >= 15 is 0 Å². The van der Waals surface area contributed by atoms with E-state index in [0.29, 0.717) is 0 Å². The monoisotopic (exact) mass is 252 g/mol. The molecule has 0 bridgehead atoms. The molecule has 1 saturated heterocycles. The first-order valence-electron chi connectivity index (χ1n) is 6.32. The van der Waals surface area contributed by atoms with E-state index in [1.807, 2.05) is 20.0 Å². The van der Waals surface area contributed by atoms with Crippen molar-refractivity contribution < 1.29 is 9.90 Å². The summed E-state index contributed by atoms with van der Waals surface area (Å²) < 4.78 is 1.72. The van der Waals surface area contributed by atoms with Crippen LogP contribution in [0.5, 0.6) is 0 Å². The van der Waals surface area contributed by atoms with Crippen LogP contribution in [0.2, 0.25) is 0 Å². The van der Waals surface area contributed by atoms with Crippen LogP contribution in [-0.2, 0) is 6.54 Å². The van der Waals surface area contributed by atoms with Crippen molar-refractivity contribution in [2.45, 2.75) is 26.4 Å². The van der Waals surface area contributed by atoms with Crippen LogP contribution in [0, 0.1) is 0 Å². The summed E-state index contributed by atoms with van der Waals surface area (Å²) in [4.78, 5) is 17.6. The Kier molecular flexibility index (Phi) is 3.98. The average Bonchev–Trinajstić information content (AvgIpc) is 2.74. The number of rotatable bonds is 4. The summed E-state index contributed by atoms with van der Waals surface area (Å²) in [5.74, 6) is -0.828. The average molecular weight is 252 g/mol. The van der Waals surface area contributed by atoms with E-state index in [1.165, 1.54) is 0 Å². The fourth-order valence-corrected chi connectivity index (χ4v) is 2.17. The molecule has 0 unspecified atom stereocenters. The van der Waals surface area contributed by atoms with Crippen LogP contribution in [0.15, 0.2) is 6.20 Å². The standard InChI is InChI=1S/C12H20N4O2/c1-9(2)16-8-10(14-11(16)12(17)18)7-15-5-3-13-4-6-15/h8-9,13H,3-7H2,1-2H3,(H,17,18). The highest BCUT2D eigenvalue weighted by Gasteiger charge is 2.18. The van der Waals surface area contributed by atoms with Crippen LogP contribution < -0.4 is 5.32 Å². The van der Waals surface area contributed by atoms with Crippen molar-refractivity contribution in [2.24, 2.45) is 0 Å². The normalized spacial score (nSPS) is 17.3. The number of carboxylic acid groups (broad SMARTS) is 1. The Morgan fingerprint density at radius 1 is 1.50 bits per heavy atom. The van der Waals surface area contributed by atoms with Crippen molar-refractivity contribution >= 4 is 5.97 Å². The van der Waals surface area contributed by atoms with Gasteiger partial charge in [0, 0.05) is 45.0 Å². The van der Waals surface area contributed by atoms with Crippen molar-refractivity contribution in [1.29, 1.82) is 0 Å². The summed E-state index contributed by atoms with van der Waals surface area (Å²) in [6.45, 7) is 8.58. The molecule has 0 saturated carbocycles. The molecule has 1 aromatic rings. The first-order chi connectivity index (χ1) is 8.58. The molecule has 0 spiro atoms. The van der Waals surface area contributed by atoms with Gasteiger partial charge in [-0.15, -0.1) is 0 Å². The molecule has 1 aliphatic heterocycles. The van der Waals surface area contributed by atoms with E-state index in [4.69, 9.17) is 5.11 Å². The fourth-order valence-electron chi connectivity index (χ4n) is 2.17. The van der Waals surface area contributed by atoms with Crippen LogP contribution >= 0.6 is 0 Å². The van der Waals surface area contributed by atoms with Crippen LogP contribution in [0.4, 0.5) is 0 Å². The van der Waals surface area contributed by atoms with E-state index in [0.717, 1.165) is 38.4 Å². The molecule has 2 heterocycles. The number of piperazine rings is 1. The van der Waals surface area contributed by atoms with E-state index in [1.54, 1.807) is 4.57 Å². The Bertz CT molecular complexity index is 422. The number of imidazole rings is 1. The molecular weight excluding hydrogens is 232 g/mol. The van der Waals surface area contributed by atoms with Crippen molar-refractivity contribution in [2.75, 3.05) is 26.2 Å². The Morgan fingerprint density at radius 3 is 2.67 bits per heavy atom. The molecular formula is C12H20N4O2. The minimum atomic E-state index is -0.963. The second-order valence-corrected chi connectivity index (χ2v) is 4.89. The van der Waals surface area contributed by atoms with Crippen molar-refractivity contribution in [3.8, 4) is 0 Å². The molecule has 0 aliphatic carbocycles. The van der Waals surface area contributed by atoms with Gasteiger partial charge in [0.2, 0.25) is 5.82 Å². The van der Waals surface area contributed by atoms with Gasteiger partial charge >= 0.3 is 5.97 Å².